The zero-order valence-electron chi connectivity index (χ0n) is 10.7. The molecule has 0 fully saturated rings. The van der Waals surface area contributed by atoms with Gasteiger partial charge in [-0.15, -0.1) is 0 Å². The highest BCUT2D eigenvalue weighted by Gasteiger charge is 2.07. The van der Waals surface area contributed by atoms with Crippen molar-refractivity contribution in [3.05, 3.63) is 29.8 Å². The average Bonchev–Trinajstić information content (AvgIpc) is 2.34. The highest BCUT2D eigenvalue weighted by Crippen LogP contribution is 2.17. The number of nitrogens with one attached hydrogen (secondary N) is 1. The van der Waals surface area contributed by atoms with Gasteiger partial charge in [-0.2, -0.15) is 0 Å². The summed E-state index contributed by atoms with van der Waals surface area (Å²) < 4.78 is 5.53. The van der Waals surface area contributed by atoms with Crippen molar-refractivity contribution in [2.45, 2.75) is 13.5 Å². The Morgan fingerprint density at radius 3 is 2.71 bits per heavy atom. The number of likely N-dealkylation sites (N-methyl/N-ethyl adjacent to an activating group) is 1. The summed E-state index contributed by atoms with van der Waals surface area (Å²) in [6.07, 6.45) is 0. The predicted molar refractivity (Wildman–Crippen MR) is 68.0 cm³/mol. The third-order valence-corrected chi connectivity index (χ3v) is 2.39. The summed E-state index contributed by atoms with van der Waals surface area (Å²) in [5.41, 5.74) is 1.07. The lowest BCUT2D eigenvalue weighted by Gasteiger charge is -2.14. The van der Waals surface area contributed by atoms with E-state index in [2.05, 4.69) is 12.2 Å². The Labute approximate surface area is 103 Å². The van der Waals surface area contributed by atoms with Crippen LogP contribution in [0.3, 0.4) is 0 Å². The van der Waals surface area contributed by atoms with Crippen LogP contribution in [0.25, 0.3) is 0 Å². The molecule has 0 heterocycles. The van der Waals surface area contributed by atoms with Crippen LogP contribution >= 0.6 is 0 Å². The number of rotatable bonds is 6. The second-order valence-corrected chi connectivity index (χ2v) is 3.96. The molecule has 0 spiro atoms. The van der Waals surface area contributed by atoms with E-state index in [1.165, 1.54) is 4.90 Å². The van der Waals surface area contributed by atoms with Crippen LogP contribution in [0.2, 0.25) is 0 Å². The summed E-state index contributed by atoms with van der Waals surface area (Å²) in [6.45, 7) is 3.79. The molecule has 17 heavy (non-hydrogen) atoms. The molecule has 4 nitrogen and oxygen atoms in total. The molecule has 0 atom stereocenters. The molecule has 0 saturated heterocycles. The van der Waals surface area contributed by atoms with Gasteiger partial charge in [0, 0.05) is 26.2 Å². The molecule has 1 rings (SSSR count). The number of hydrogen-bond acceptors (Lipinski definition) is 3. The lowest BCUT2D eigenvalue weighted by atomic mass is 10.2. The molecule has 94 valence electrons. The van der Waals surface area contributed by atoms with E-state index in [4.69, 9.17) is 4.74 Å². The molecule has 1 amide bonds. The smallest absolute Gasteiger partial charge is 0.259 e. The minimum Gasteiger partial charge on any atom is -0.483 e. The van der Waals surface area contributed by atoms with Gasteiger partial charge in [0.2, 0.25) is 0 Å². The zero-order chi connectivity index (χ0) is 12.7. The van der Waals surface area contributed by atoms with E-state index >= 15 is 0 Å². The van der Waals surface area contributed by atoms with Gasteiger partial charge in [-0.25, -0.2) is 0 Å². The number of ether oxygens (including phenoxy) is 1. The van der Waals surface area contributed by atoms with E-state index in [0.29, 0.717) is 0 Å². The van der Waals surface area contributed by atoms with Crippen molar-refractivity contribution >= 4 is 5.91 Å². The number of carbonyl (C=O) groups excluding carboxylic acids is 1. The minimum absolute atomic E-state index is 0.0387. The lowest BCUT2D eigenvalue weighted by molar-refractivity contribution is -0.130. The number of carbonyl (C=O) groups is 1. The summed E-state index contributed by atoms with van der Waals surface area (Å²) in [5.74, 6) is 0.729. The molecular formula is C13H20N2O2. The number of hydrogen-bond donors (Lipinski definition) is 1. The summed E-state index contributed by atoms with van der Waals surface area (Å²) >= 11 is 0. The van der Waals surface area contributed by atoms with Gasteiger partial charge in [-0.3, -0.25) is 4.79 Å². The molecule has 4 heteroatoms. The number of nitrogens with zero attached hydrogens (tertiary/aromatic N) is 1. The number of benzene rings is 1. The van der Waals surface area contributed by atoms with Crippen LogP contribution in [-0.4, -0.2) is 38.1 Å². The second-order valence-electron chi connectivity index (χ2n) is 3.96. The normalized spacial score (nSPS) is 10.1. The molecule has 0 aromatic heterocycles. The maximum atomic E-state index is 11.4. The van der Waals surface area contributed by atoms with Crippen molar-refractivity contribution in [2.24, 2.45) is 0 Å². The molecular weight excluding hydrogens is 216 g/mol. The van der Waals surface area contributed by atoms with Crippen LogP contribution in [0.4, 0.5) is 0 Å². The third kappa shape index (κ3) is 4.44. The highest BCUT2D eigenvalue weighted by atomic mass is 16.5. The Balaban J connectivity index is 2.60. The lowest BCUT2D eigenvalue weighted by Crippen LogP contribution is -2.27. The molecule has 0 saturated carbocycles. The SMILES string of the molecule is CCNCc1ccccc1OCC(=O)N(C)C. The van der Waals surface area contributed by atoms with Gasteiger partial charge in [-0.05, 0) is 12.6 Å². The van der Waals surface area contributed by atoms with Gasteiger partial charge < -0.3 is 15.0 Å². The molecule has 0 aliphatic carbocycles. The van der Waals surface area contributed by atoms with E-state index in [1.54, 1.807) is 14.1 Å². The summed E-state index contributed by atoms with van der Waals surface area (Å²) in [4.78, 5) is 12.9. The van der Waals surface area contributed by atoms with Crippen molar-refractivity contribution in [3.8, 4) is 5.75 Å². The highest BCUT2D eigenvalue weighted by molar-refractivity contribution is 5.77. The Morgan fingerprint density at radius 2 is 2.06 bits per heavy atom. The topological polar surface area (TPSA) is 41.6 Å². The maximum Gasteiger partial charge on any atom is 0.259 e. The van der Waals surface area contributed by atoms with E-state index in [-0.39, 0.29) is 12.5 Å². The van der Waals surface area contributed by atoms with E-state index in [0.717, 1.165) is 24.4 Å². The summed E-state index contributed by atoms with van der Waals surface area (Å²) in [6, 6.07) is 7.76. The third-order valence-electron chi connectivity index (χ3n) is 2.39. The fraction of sp³-hybridized carbons (Fsp3) is 0.462. The zero-order valence-corrected chi connectivity index (χ0v) is 10.7. The molecule has 0 aliphatic heterocycles. The minimum atomic E-state index is -0.0387. The second kappa shape index (κ2) is 6.91. The number of amides is 1. The molecule has 1 aromatic rings. The Hall–Kier alpha value is -1.55. The summed E-state index contributed by atoms with van der Waals surface area (Å²) in [7, 11) is 3.44. The van der Waals surface area contributed by atoms with Crippen molar-refractivity contribution < 1.29 is 9.53 Å². The first-order chi connectivity index (χ1) is 8.15. The predicted octanol–water partition coefficient (Wildman–Crippen LogP) is 1.26. The van der Waals surface area contributed by atoms with E-state index < -0.39 is 0 Å². The molecule has 0 bridgehead atoms. The molecule has 0 aliphatic rings. The Kier molecular flexibility index (Phi) is 5.49. The van der Waals surface area contributed by atoms with Gasteiger partial charge >= 0.3 is 0 Å². The van der Waals surface area contributed by atoms with Crippen molar-refractivity contribution in [3.63, 3.8) is 0 Å². The average molecular weight is 236 g/mol. The van der Waals surface area contributed by atoms with Gasteiger partial charge in [0.1, 0.15) is 5.75 Å². The number of para-hydroxylation sites is 1. The van der Waals surface area contributed by atoms with Crippen molar-refractivity contribution in [1.29, 1.82) is 0 Å². The fourth-order valence-corrected chi connectivity index (χ4v) is 1.32. The van der Waals surface area contributed by atoms with Crippen LogP contribution in [0, 0.1) is 0 Å². The maximum absolute atomic E-state index is 11.4. The van der Waals surface area contributed by atoms with Crippen LogP contribution in [0.15, 0.2) is 24.3 Å². The van der Waals surface area contributed by atoms with E-state index in [9.17, 15) is 4.79 Å². The molecule has 1 N–H and O–H groups in total. The first kappa shape index (κ1) is 13.5. The van der Waals surface area contributed by atoms with Crippen molar-refractivity contribution in [2.75, 3.05) is 27.2 Å². The Bertz CT molecular complexity index is 364. The fourth-order valence-electron chi connectivity index (χ4n) is 1.32. The van der Waals surface area contributed by atoms with Crippen LogP contribution in [0.1, 0.15) is 12.5 Å². The van der Waals surface area contributed by atoms with Crippen LogP contribution in [0.5, 0.6) is 5.75 Å². The summed E-state index contributed by atoms with van der Waals surface area (Å²) in [5, 5.41) is 3.24. The van der Waals surface area contributed by atoms with Gasteiger partial charge in [0.05, 0.1) is 0 Å². The molecule has 1 aromatic carbocycles. The molecule has 0 radical (unpaired) electrons. The largest absolute Gasteiger partial charge is 0.483 e. The Morgan fingerprint density at radius 1 is 1.35 bits per heavy atom. The van der Waals surface area contributed by atoms with Crippen LogP contribution in [-0.2, 0) is 11.3 Å². The van der Waals surface area contributed by atoms with Gasteiger partial charge in [0.25, 0.3) is 5.91 Å². The first-order valence-electron chi connectivity index (χ1n) is 5.76. The van der Waals surface area contributed by atoms with Crippen molar-refractivity contribution in [1.82, 2.24) is 10.2 Å². The first-order valence-corrected chi connectivity index (χ1v) is 5.76. The standard InChI is InChI=1S/C13H20N2O2/c1-4-14-9-11-7-5-6-8-12(11)17-10-13(16)15(2)3/h5-8,14H,4,9-10H2,1-3H3. The monoisotopic (exact) mass is 236 g/mol. The van der Waals surface area contributed by atoms with Crippen LogP contribution < -0.4 is 10.1 Å². The van der Waals surface area contributed by atoms with Gasteiger partial charge in [-0.1, -0.05) is 25.1 Å². The quantitative estimate of drug-likeness (QED) is 0.808. The van der Waals surface area contributed by atoms with E-state index in [1.807, 2.05) is 24.3 Å². The molecule has 0 unspecified atom stereocenters. The van der Waals surface area contributed by atoms with Gasteiger partial charge in [0.15, 0.2) is 6.61 Å².